The molecule has 2 rings (SSSR count). The highest BCUT2D eigenvalue weighted by Crippen LogP contribution is 1.85. The lowest BCUT2D eigenvalue weighted by Crippen LogP contribution is -1.38. The summed E-state index contributed by atoms with van der Waals surface area (Å²) in [6.45, 7) is 0. The molecule has 0 saturated carbocycles. The molecule has 0 nitrogen and oxygen atoms in total. The van der Waals surface area contributed by atoms with Crippen molar-refractivity contribution in [1.82, 2.24) is 0 Å². The molecule has 0 aromatic heterocycles. The van der Waals surface area contributed by atoms with Crippen LogP contribution in [0.1, 0.15) is 0 Å². The SMILES string of the molecule is C1[SiH2][SiH2]1.C1[SiH2][SiH2]1. The summed E-state index contributed by atoms with van der Waals surface area (Å²) in [6.07, 6.45) is 0. The van der Waals surface area contributed by atoms with E-state index in [-0.39, 0.29) is 0 Å². The summed E-state index contributed by atoms with van der Waals surface area (Å²) < 4.78 is 0. The van der Waals surface area contributed by atoms with Gasteiger partial charge < -0.3 is 0 Å². The first-order valence-electron chi connectivity index (χ1n) is 3.00. The Balaban J connectivity index is 0.0000000600. The van der Waals surface area contributed by atoms with Crippen LogP contribution in [0.5, 0.6) is 0 Å². The lowest BCUT2D eigenvalue weighted by Gasteiger charge is -1.05. The average molecular weight is 148 g/mol. The van der Waals surface area contributed by atoms with Gasteiger partial charge >= 0.3 is 0 Å². The van der Waals surface area contributed by atoms with Gasteiger partial charge in [0.15, 0.2) is 0 Å². The summed E-state index contributed by atoms with van der Waals surface area (Å²) >= 11 is 0. The summed E-state index contributed by atoms with van der Waals surface area (Å²) in [5.74, 6) is 0. The highest BCUT2D eigenvalue weighted by molar-refractivity contribution is 7.20. The second-order valence-corrected chi connectivity index (χ2v) is 19.1. The van der Waals surface area contributed by atoms with E-state index < -0.39 is 0 Å². The van der Waals surface area contributed by atoms with E-state index >= 15 is 0 Å². The number of hydrogen-bond donors (Lipinski definition) is 0. The maximum absolute atomic E-state index is 1.78. The first kappa shape index (κ1) is 5.01. The van der Waals surface area contributed by atoms with Crippen molar-refractivity contribution in [3.05, 3.63) is 0 Å². The van der Waals surface area contributed by atoms with Gasteiger partial charge in [0.2, 0.25) is 0 Å². The minimum Gasteiger partial charge on any atom is -0.0767 e. The van der Waals surface area contributed by atoms with Gasteiger partial charge in [0.05, 0.1) is 0 Å². The molecular weight excluding hydrogens is 136 g/mol. The molecule has 0 aromatic rings. The Morgan fingerprint density at radius 1 is 0.667 bits per heavy atom. The second kappa shape index (κ2) is 2.95. The fraction of sp³-hybridized carbons (Fsp3) is 1.00. The quantitative estimate of drug-likeness (QED) is 0.327. The minimum atomic E-state index is 0.806. The first-order chi connectivity index (χ1) is 3.00. The molecule has 6 heavy (non-hydrogen) atoms. The van der Waals surface area contributed by atoms with Crippen LogP contribution in [0.2, 0.25) is 11.3 Å². The normalized spacial score (nSPS) is 40.0. The van der Waals surface area contributed by atoms with Crippen LogP contribution in [0.15, 0.2) is 0 Å². The topological polar surface area (TPSA) is 0 Å². The molecule has 2 heterocycles. The molecule has 0 radical (unpaired) electrons. The molecule has 0 atom stereocenters. The van der Waals surface area contributed by atoms with Gasteiger partial charge in [-0.1, -0.05) is 11.3 Å². The van der Waals surface area contributed by atoms with Gasteiger partial charge in [0.1, 0.15) is 0 Å². The molecule has 2 aliphatic heterocycles. The standard InChI is InChI=1S/2CH6Si2/c2*1-2-3-1/h2*1-3H2. The Kier molecular flexibility index (Phi) is 2.46. The van der Waals surface area contributed by atoms with Crippen LogP contribution in [0.25, 0.3) is 0 Å². The van der Waals surface area contributed by atoms with E-state index in [1.807, 2.05) is 0 Å². The van der Waals surface area contributed by atoms with E-state index in [4.69, 9.17) is 0 Å². The van der Waals surface area contributed by atoms with Crippen LogP contribution in [0.4, 0.5) is 0 Å². The molecule has 0 N–H and O–H groups in total. The van der Waals surface area contributed by atoms with Gasteiger partial charge in [0, 0.05) is 36.1 Å². The highest BCUT2D eigenvalue weighted by Gasteiger charge is 1.98. The molecule has 36 valence electrons. The van der Waals surface area contributed by atoms with E-state index in [1.165, 1.54) is 0 Å². The Hall–Kier alpha value is 0.868. The molecular formula is C2H12Si4. The lowest BCUT2D eigenvalue weighted by molar-refractivity contribution is 2.25. The third-order valence-electron chi connectivity index (χ3n) is 0.707. The van der Waals surface area contributed by atoms with Crippen LogP contribution in [0.3, 0.4) is 0 Å². The van der Waals surface area contributed by atoms with Crippen molar-refractivity contribution in [2.75, 3.05) is 0 Å². The summed E-state index contributed by atoms with van der Waals surface area (Å²) in [6, 6.07) is 0. The number of rotatable bonds is 0. The average Bonchev–Trinajstić information content (AvgIpc) is 2.31. The maximum Gasteiger partial charge on any atom is 0.00424 e. The summed E-state index contributed by atoms with van der Waals surface area (Å²) in [5, 5.41) is 0. The Morgan fingerprint density at radius 3 is 0.833 bits per heavy atom. The van der Waals surface area contributed by atoms with E-state index in [2.05, 4.69) is 0 Å². The highest BCUT2D eigenvalue weighted by atomic mass is 29.2. The molecule has 0 amide bonds. The Labute approximate surface area is 48.0 Å². The van der Waals surface area contributed by atoms with Gasteiger partial charge in [-0.15, -0.1) is 0 Å². The van der Waals surface area contributed by atoms with Crippen molar-refractivity contribution in [3.63, 3.8) is 0 Å². The Bertz CT molecular complexity index is 21.0. The predicted octanol–water partition coefficient (Wildman–Crippen LogP) is -2.74. The van der Waals surface area contributed by atoms with E-state index in [0.717, 1.165) is 36.1 Å². The maximum atomic E-state index is 1.78. The molecule has 0 bridgehead atoms. The molecule has 2 fully saturated rings. The fourth-order valence-electron chi connectivity index (χ4n) is 0. The van der Waals surface area contributed by atoms with Crippen LogP contribution in [-0.2, 0) is 0 Å². The van der Waals surface area contributed by atoms with Crippen molar-refractivity contribution in [2.24, 2.45) is 0 Å². The van der Waals surface area contributed by atoms with Gasteiger partial charge in [0.25, 0.3) is 0 Å². The Morgan fingerprint density at radius 2 is 0.833 bits per heavy atom. The summed E-state index contributed by atoms with van der Waals surface area (Å²) in [7, 11) is 3.22. The van der Waals surface area contributed by atoms with Crippen molar-refractivity contribution >= 4 is 36.1 Å². The molecule has 0 spiro atoms. The molecule has 0 unspecified atom stereocenters. The van der Waals surface area contributed by atoms with E-state index in [9.17, 15) is 0 Å². The largest absolute Gasteiger partial charge is 0.0767 e. The molecule has 4 heteroatoms. The van der Waals surface area contributed by atoms with Gasteiger partial charge in [-0.25, -0.2) is 0 Å². The minimum absolute atomic E-state index is 0.806. The van der Waals surface area contributed by atoms with Crippen molar-refractivity contribution in [1.29, 1.82) is 0 Å². The molecule has 0 aromatic carbocycles. The molecule has 2 aliphatic rings. The van der Waals surface area contributed by atoms with E-state index in [1.54, 1.807) is 11.3 Å². The predicted molar refractivity (Wildman–Crippen MR) is 43.8 cm³/mol. The lowest BCUT2D eigenvalue weighted by atomic mass is 11.9. The second-order valence-electron chi connectivity index (χ2n) is 2.12. The van der Waals surface area contributed by atoms with E-state index in [0.29, 0.717) is 0 Å². The molecule has 2 saturated heterocycles. The first-order valence-corrected chi connectivity index (χ1v) is 15.0. The summed E-state index contributed by atoms with van der Waals surface area (Å²) in [5.41, 5.74) is 3.56. The zero-order valence-electron chi connectivity index (χ0n) is 4.24. The summed E-state index contributed by atoms with van der Waals surface area (Å²) in [4.78, 5) is 0. The third-order valence-corrected chi connectivity index (χ3v) is 6.36. The monoisotopic (exact) mass is 148 g/mol. The number of hydrogen-bond acceptors (Lipinski definition) is 0. The van der Waals surface area contributed by atoms with Crippen LogP contribution < -0.4 is 0 Å². The van der Waals surface area contributed by atoms with Gasteiger partial charge in [-0.3, -0.25) is 0 Å². The third kappa shape index (κ3) is 8.85. The smallest absolute Gasteiger partial charge is 0.00424 e. The van der Waals surface area contributed by atoms with Gasteiger partial charge in [-0.2, -0.15) is 0 Å². The van der Waals surface area contributed by atoms with Crippen molar-refractivity contribution in [2.45, 2.75) is 11.3 Å². The van der Waals surface area contributed by atoms with Gasteiger partial charge in [-0.05, 0) is 0 Å². The van der Waals surface area contributed by atoms with Crippen molar-refractivity contribution < 1.29 is 0 Å². The van der Waals surface area contributed by atoms with Crippen LogP contribution >= 0.6 is 0 Å². The zero-order chi connectivity index (χ0) is 4.24. The van der Waals surface area contributed by atoms with Crippen LogP contribution in [0, 0.1) is 0 Å². The zero-order valence-corrected chi connectivity index (χ0v) is 9.90. The fourth-order valence-corrected chi connectivity index (χ4v) is 0. The molecule has 0 aliphatic carbocycles. The van der Waals surface area contributed by atoms with Crippen molar-refractivity contribution in [3.8, 4) is 0 Å². The van der Waals surface area contributed by atoms with Crippen LogP contribution in [-0.4, -0.2) is 36.1 Å².